The van der Waals surface area contributed by atoms with E-state index < -0.39 is 16.8 Å². The Labute approximate surface area is 113 Å². The zero-order valence-electron chi connectivity index (χ0n) is 12.1. The fraction of sp³-hybridized carbons (Fsp3) is 1.00. The summed E-state index contributed by atoms with van der Waals surface area (Å²) in [5.74, 6) is 0. The number of rotatable bonds is 3. The summed E-state index contributed by atoms with van der Waals surface area (Å²) in [7, 11) is -1.56. The average Bonchev–Trinajstić information content (AvgIpc) is 2.62. The zero-order chi connectivity index (χ0) is 13.6. The molecule has 0 aromatic rings. The van der Waals surface area contributed by atoms with Gasteiger partial charge in [-0.25, -0.2) is 0 Å². The van der Waals surface area contributed by atoms with Crippen LogP contribution < -0.4 is 0 Å². The van der Waals surface area contributed by atoms with Crippen LogP contribution in [0.1, 0.15) is 41.5 Å². The molecule has 2 rings (SSSR count). The number of hydrogen-bond donors (Lipinski definition) is 0. The van der Waals surface area contributed by atoms with Gasteiger partial charge >= 0.3 is 0 Å². The first-order valence-electron chi connectivity index (χ1n) is 6.47. The van der Waals surface area contributed by atoms with E-state index in [9.17, 15) is 0 Å². The maximum Gasteiger partial charge on any atom is 0.171 e. The molecule has 0 unspecified atom stereocenters. The van der Waals surface area contributed by atoms with Gasteiger partial charge < -0.3 is 18.1 Å². The topological polar surface area (TPSA) is 36.9 Å². The Morgan fingerprint density at radius 3 is 1.33 bits per heavy atom. The summed E-state index contributed by atoms with van der Waals surface area (Å²) in [4.78, 5) is 0. The Morgan fingerprint density at radius 1 is 0.778 bits per heavy atom. The van der Waals surface area contributed by atoms with Gasteiger partial charge in [-0.2, -0.15) is 0 Å². The van der Waals surface area contributed by atoms with Crippen molar-refractivity contribution in [1.82, 2.24) is 0 Å². The normalized spacial score (nSPS) is 42.3. The molecule has 0 radical (unpaired) electrons. The summed E-state index contributed by atoms with van der Waals surface area (Å²) in [6, 6.07) is 0. The first kappa shape index (κ1) is 15.1. The molecule has 0 bridgehead atoms. The van der Waals surface area contributed by atoms with Gasteiger partial charge in [-0.15, -0.1) is 0 Å². The zero-order valence-corrected chi connectivity index (χ0v) is 13.9. The molecule has 2 aliphatic heterocycles. The Balaban J connectivity index is 1.77. The lowest BCUT2D eigenvalue weighted by molar-refractivity contribution is 0.0851. The largest absolute Gasteiger partial charge is 0.328 e. The minimum absolute atomic E-state index is 0.164. The van der Waals surface area contributed by atoms with Crippen LogP contribution in [0.2, 0.25) is 0 Å². The van der Waals surface area contributed by atoms with Gasteiger partial charge in [0.1, 0.15) is 0 Å². The van der Waals surface area contributed by atoms with Crippen molar-refractivity contribution >= 4 is 16.8 Å². The summed E-state index contributed by atoms with van der Waals surface area (Å²) in [6.07, 6.45) is 2.13. The molecule has 106 valence electrons. The van der Waals surface area contributed by atoms with Gasteiger partial charge in [0.2, 0.25) is 0 Å². The molecule has 0 spiro atoms. The van der Waals surface area contributed by atoms with Crippen LogP contribution in [0.4, 0.5) is 0 Å². The molecule has 0 N–H and O–H groups in total. The fourth-order valence-corrected chi connectivity index (χ4v) is 6.03. The highest BCUT2D eigenvalue weighted by atomic mass is 31.2. The molecule has 2 saturated heterocycles. The SMILES string of the molecule is C[C@@H]1O[P@@](CC[P@]2O[C@@H](C)C(C)(C)O2)OC1(C)C. The van der Waals surface area contributed by atoms with Crippen molar-refractivity contribution in [1.29, 1.82) is 0 Å². The second kappa shape index (κ2) is 5.24. The van der Waals surface area contributed by atoms with E-state index >= 15 is 0 Å². The van der Waals surface area contributed by atoms with Crippen LogP contribution in [0.25, 0.3) is 0 Å². The predicted octanol–water partition coefficient (Wildman–Crippen LogP) is 4.04. The van der Waals surface area contributed by atoms with E-state index in [1.54, 1.807) is 0 Å². The molecule has 0 saturated carbocycles. The molecule has 2 aliphatic rings. The van der Waals surface area contributed by atoms with Gasteiger partial charge in [0, 0.05) is 12.3 Å². The smallest absolute Gasteiger partial charge is 0.171 e. The third kappa shape index (κ3) is 3.23. The Morgan fingerprint density at radius 2 is 1.11 bits per heavy atom. The Kier molecular flexibility index (Phi) is 4.39. The molecule has 0 aromatic heterocycles. The van der Waals surface area contributed by atoms with Gasteiger partial charge in [-0.05, 0) is 41.5 Å². The van der Waals surface area contributed by atoms with Crippen LogP contribution in [0.15, 0.2) is 0 Å². The summed E-state index contributed by atoms with van der Waals surface area (Å²) in [5.41, 5.74) is -0.328. The Hall–Kier alpha value is 0.700. The van der Waals surface area contributed by atoms with Crippen LogP contribution in [0.5, 0.6) is 0 Å². The highest BCUT2D eigenvalue weighted by molar-refractivity contribution is 7.51. The lowest BCUT2D eigenvalue weighted by Crippen LogP contribution is -2.29. The van der Waals surface area contributed by atoms with Gasteiger partial charge in [0.25, 0.3) is 0 Å². The van der Waals surface area contributed by atoms with Crippen molar-refractivity contribution in [3.8, 4) is 0 Å². The van der Waals surface area contributed by atoms with Gasteiger partial charge in [-0.3, -0.25) is 0 Å². The predicted molar refractivity (Wildman–Crippen MR) is 75.0 cm³/mol. The van der Waals surface area contributed by atoms with Gasteiger partial charge in [0.05, 0.1) is 23.4 Å². The molecule has 2 heterocycles. The third-order valence-corrected chi connectivity index (χ3v) is 7.63. The van der Waals surface area contributed by atoms with Crippen molar-refractivity contribution in [3.05, 3.63) is 0 Å². The maximum atomic E-state index is 5.94. The molecular formula is C12H24O4P2. The highest BCUT2D eigenvalue weighted by Crippen LogP contribution is 2.58. The quantitative estimate of drug-likeness (QED) is 0.736. The van der Waals surface area contributed by atoms with Crippen LogP contribution in [-0.2, 0) is 18.1 Å². The van der Waals surface area contributed by atoms with E-state index in [1.807, 2.05) is 0 Å². The van der Waals surface area contributed by atoms with Crippen LogP contribution in [0, 0.1) is 0 Å². The maximum absolute atomic E-state index is 5.94. The van der Waals surface area contributed by atoms with Crippen LogP contribution in [0.3, 0.4) is 0 Å². The van der Waals surface area contributed by atoms with E-state index in [-0.39, 0.29) is 23.4 Å². The van der Waals surface area contributed by atoms with E-state index in [4.69, 9.17) is 18.1 Å². The van der Waals surface area contributed by atoms with Crippen molar-refractivity contribution in [2.24, 2.45) is 0 Å². The van der Waals surface area contributed by atoms with Crippen molar-refractivity contribution in [2.75, 3.05) is 12.3 Å². The lowest BCUT2D eigenvalue weighted by atomic mass is 10.0. The number of hydrogen-bond acceptors (Lipinski definition) is 4. The molecule has 0 amide bonds. The highest BCUT2D eigenvalue weighted by Gasteiger charge is 2.43. The van der Waals surface area contributed by atoms with E-state index in [0.717, 1.165) is 12.3 Å². The summed E-state index contributed by atoms with van der Waals surface area (Å²) in [6.45, 7) is 12.5. The van der Waals surface area contributed by atoms with Crippen molar-refractivity contribution in [2.45, 2.75) is 65.0 Å². The summed E-state index contributed by atoms with van der Waals surface area (Å²) < 4.78 is 23.6. The first-order valence-corrected chi connectivity index (χ1v) is 9.20. The molecule has 4 nitrogen and oxygen atoms in total. The monoisotopic (exact) mass is 294 g/mol. The standard InChI is InChI=1S/C12H24O4P2/c1-9-11(3,4)15-17(13-9)7-8-18-14-10(2)12(5,6)16-18/h9-10H,7-8H2,1-6H3/t9-,10-,17+,18+/m0/s1. The fourth-order valence-electron chi connectivity index (χ4n) is 1.68. The van der Waals surface area contributed by atoms with E-state index in [0.29, 0.717) is 0 Å². The Bertz CT molecular complexity index is 278. The van der Waals surface area contributed by atoms with E-state index in [2.05, 4.69) is 41.5 Å². The van der Waals surface area contributed by atoms with Gasteiger partial charge in [-0.1, -0.05) is 0 Å². The summed E-state index contributed by atoms with van der Waals surface area (Å²) >= 11 is 0. The third-order valence-electron chi connectivity index (χ3n) is 3.65. The lowest BCUT2D eigenvalue weighted by Gasteiger charge is -2.19. The molecule has 6 heteroatoms. The molecular weight excluding hydrogens is 270 g/mol. The molecule has 4 atom stereocenters. The first-order chi connectivity index (χ1) is 8.21. The molecule has 0 aliphatic carbocycles. The van der Waals surface area contributed by atoms with E-state index in [1.165, 1.54) is 0 Å². The van der Waals surface area contributed by atoms with Crippen LogP contribution >= 0.6 is 16.8 Å². The second-order valence-corrected chi connectivity index (χ2v) is 9.01. The van der Waals surface area contributed by atoms with Crippen molar-refractivity contribution < 1.29 is 18.1 Å². The van der Waals surface area contributed by atoms with Gasteiger partial charge in [0.15, 0.2) is 16.8 Å². The summed E-state index contributed by atoms with van der Waals surface area (Å²) in [5, 5.41) is 0. The molecule has 18 heavy (non-hydrogen) atoms. The van der Waals surface area contributed by atoms with Crippen molar-refractivity contribution in [3.63, 3.8) is 0 Å². The molecule has 0 aromatic carbocycles. The van der Waals surface area contributed by atoms with Crippen LogP contribution in [-0.4, -0.2) is 35.7 Å². The minimum atomic E-state index is -0.778. The second-order valence-electron chi connectivity index (χ2n) is 6.00. The average molecular weight is 294 g/mol. The minimum Gasteiger partial charge on any atom is -0.328 e. The molecule has 2 fully saturated rings.